The van der Waals surface area contributed by atoms with Gasteiger partial charge in [-0.2, -0.15) is 0 Å². The van der Waals surface area contributed by atoms with Gasteiger partial charge in [0.15, 0.2) is 0 Å². The molecule has 3 N–H and O–H groups in total. The highest BCUT2D eigenvalue weighted by Crippen LogP contribution is 2.38. The Morgan fingerprint density at radius 1 is 1.30 bits per heavy atom. The molecule has 2 aromatic rings. The van der Waals surface area contributed by atoms with Crippen LogP contribution in [-0.4, -0.2) is 48.2 Å². The standard InChI is InChI=1S/C14H19N3O3/c1-7-9-3-4-17(14(9)16-6-15-7)11-5-10(8(2)18)12(19)13(11)20/h3-4,6,8,10-13,18-20H,5H2,1-2H3/t8-,10+,11+,12+,13-/m0/s1. The summed E-state index contributed by atoms with van der Waals surface area (Å²) in [6.07, 6.45) is 1.41. The molecule has 6 heteroatoms. The van der Waals surface area contributed by atoms with Crippen LogP contribution >= 0.6 is 0 Å². The molecule has 0 unspecified atom stereocenters. The van der Waals surface area contributed by atoms with Gasteiger partial charge in [-0.1, -0.05) is 0 Å². The SMILES string of the molecule is Cc1ncnc2c1ccn2[C@@H]1C[C@H]([C@H](C)O)[C@@H](O)[C@H]1O. The number of aromatic nitrogens is 3. The van der Waals surface area contributed by atoms with Crippen LogP contribution < -0.4 is 0 Å². The Labute approximate surface area is 116 Å². The Balaban J connectivity index is 2.02. The van der Waals surface area contributed by atoms with Crippen LogP contribution in [0.5, 0.6) is 0 Å². The lowest BCUT2D eigenvalue weighted by molar-refractivity contribution is -0.0212. The van der Waals surface area contributed by atoms with Crippen LogP contribution in [0.2, 0.25) is 0 Å². The summed E-state index contributed by atoms with van der Waals surface area (Å²) < 4.78 is 1.88. The lowest BCUT2D eigenvalue weighted by Gasteiger charge is -2.19. The van der Waals surface area contributed by atoms with E-state index in [0.29, 0.717) is 6.42 Å². The number of hydrogen-bond acceptors (Lipinski definition) is 5. The number of hydrogen-bond donors (Lipinski definition) is 3. The maximum atomic E-state index is 10.3. The van der Waals surface area contributed by atoms with E-state index in [4.69, 9.17) is 0 Å². The van der Waals surface area contributed by atoms with Gasteiger partial charge in [-0.15, -0.1) is 0 Å². The maximum absolute atomic E-state index is 10.3. The molecule has 6 nitrogen and oxygen atoms in total. The predicted octanol–water partition coefficient (Wildman–Crippen LogP) is 0.403. The molecule has 0 saturated heterocycles. The molecular formula is C14H19N3O3. The summed E-state index contributed by atoms with van der Waals surface area (Å²) in [5.41, 5.74) is 1.63. The van der Waals surface area contributed by atoms with Gasteiger partial charge in [0.25, 0.3) is 0 Å². The van der Waals surface area contributed by atoms with Crippen molar-refractivity contribution in [2.75, 3.05) is 0 Å². The first-order chi connectivity index (χ1) is 9.50. The number of aryl methyl sites for hydroxylation is 1. The lowest BCUT2D eigenvalue weighted by Crippen LogP contribution is -2.32. The second-order valence-electron chi connectivity index (χ2n) is 5.61. The molecule has 20 heavy (non-hydrogen) atoms. The summed E-state index contributed by atoms with van der Waals surface area (Å²) in [7, 11) is 0. The monoisotopic (exact) mass is 277 g/mol. The van der Waals surface area contributed by atoms with Crippen molar-refractivity contribution >= 4 is 11.0 Å². The van der Waals surface area contributed by atoms with Gasteiger partial charge in [-0.3, -0.25) is 0 Å². The van der Waals surface area contributed by atoms with Gasteiger partial charge in [-0.05, 0) is 26.3 Å². The van der Waals surface area contributed by atoms with E-state index in [9.17, 15) is 15.3 Å². The van der Waals surface area contributed by atoms with Crippen molar-refractivity contribution in [3.05, 3.63) is 24.3 Å². The van der Waals surface area contributed by atoms with Gasteiger partial charge in [-0.25, -0.2) is 9.97 Å². The zero-order valence-corrected chi connectivity index (χ0v) is 11.5. The smallest absolute Gasteiger partial charge is 0.143 e. The van der Waals surface area contributed by atoms with Crippen molar-refractivity contribution < 1.29 is 15.3 Å². The zero-order valence-electron chi connectivity index (χ0n) is 11.5. The molecule has 0 aliphatic heterocycles. The van der Waals surface area contributed by atoms with Gasteiger partial charge in [0.1, 0.15) is 18.1 Å². The molecule has 0 radical (unpaired) electrons. The number of aliphatic hydroxyl groups excluding tert-OH is 3. The Morgan fingerprint density at radius 3 is 2.70 bits per heavy atom. The minimum atomic E-state index is -0.916. The van der Waals surface area contributed by atoms with Crippen LogP contribution in [0, 0.1) is 12.8 Å². The first-order valence-electron chi connectivity index (χ1n) is 6.83. The molecule has 0 amide bonds. The summed E-state index contributed by atoms with van der Waals surface area (Å²) in [5, 5.41) is 31.0. The van der Waals surface area contributed by atoms with Crippen LogP contribution in [0.3, 0.4) is 0 Å². The van der Waals surface area contributed by atoms with E-state index in [0.717, 1.165) is 16.7 Å². The summed E-state index contributed by atoms with van der Waals surface area (Å²) in [6.45, 7) is 3.55. The number of nitrogens with zero attached hydrogens (tertiary/aromatic N) is 3. The highest BCUT2D eigenvalue weighted by Gasteiger charge is 2.44. The van der Waals surface area contributed by atoms with E-state index in [2.05, 4.69) is 9.97 Å². The van der Waals surface area contributed by atoms with Crippen molar-refractivity contribution in [1.29, 1.82) is 0 Å². The quantitative estimate of drug-likeness (QED) is 0.739. The first kappa shape index (κ1) is 13.5. The average molecular weight is 277 g/mol. The van der Waals surface area contributed by atoms with Crippen molar-refractivity contribution in [1.82, 2.24) is 14.5 Å². The van der Waals surface area contributed by atoms with Crippen molar-refractivity contribution in [3.63, 3.8) is 0 Å². The Kier molecular flexibility index (Phi) is 3.24. The summed E-state index contributed by atoms with van der Waals surface area (Å²) >= 11 is 0. The molecule has 3 rings (SSSR count). The molecule has 1 aliphatic rings. The van der Waals surface area contributed by atoms with Gasteiger partial charge < -0.3 is 19.9 Å². The fourth-order valence-electron chi connectivity index (χ4n) is 3.16. The molecule has 0 bridgehead atoms. The van der Waals surface area contributed by atoms with Crippen molar-refractivity contribution in [2.45, 2.75) is 44.6 Å². The average Bonchev–Trinajstić information content (AvgIpc) is 2.94. The minimum absolute atomic E-state index is 0.281. The van der Waals surface area contributed by atoms with E-state index in [1.807, 2.05) is 23.8 Å². The Morgan fingerprint density at radius 2 is 2.05 bits per heavy atom. The molecule has 5 atom stereocenters. The molecule has 2 aromatic heterocycles. The second kappa shape index (κ2) is 4.80. The highest BCUT2D eigenvalue weighted by atomic mass is 16.3. The van der Waals surface area contributed by atoms with E-state index >= 15 is 0 Å². The molecule has 1 aliphatic carbocycles. The Bertz CT molecular complexity index is 625. The van der Waals surface area contributed by atoms with Gasteiger partial charge in [0.05, 0.1) is 23.9 Å². The van der Waals surface area contributed by atoms with Crippen LogP contribution in [-0.2, 0) is 0 Å². The van der Waals surface area contributed by atoms with Crippen molar-refractivity contribution in [3.8, 4) is 0 Å². The van der Waals surface area contributed by atoms with E-state index < -0.39 is 18.3 Å². The largest absolute Gasteiger partial charge is 0.393 e. The van der Waals surface area contributed by atoms with Crippen LogP contribution in [0.25, 0.3) is 11.0 Å². The summed E-state index contributed by atoms with van der Waals surface area (Å²) in [6, 6.07) is 1.64. The second-order valence-corrected chi connectivity index (χ2v) is 5.61. The predicted molar refractivity (Wildman–Crippen MR) is 73.1 cm³/mol. The normalized spacial score (nSPS) is 31.9. The third kappa shape index (κ3) is 1.91. The number of rotatable bonds is 2. The number of aliphatic hydroxyl groups is 3. The minimum Gasteiger partial charge on any atom is -0.393 e. The van der Waals surface area contributed by atoms with E-state index in [1.54, 1.807) is 6.92 Å². The lowest BCUT2D eigenvalue weighted by atomic mass is 10.00. The topological polar surface area (TPSA) is 91.4 Å². The third-order valence-electron chi connectivity index (χ3n) is 4.38. The molecule has 0 aromatic carbocycles. The third-order valence-corrected chi connectivity index (χ3v) is 4.38. The molecule has 108 valence electrons. The van der Waals surface area contributed by atoms with Crippen LogP contribution in [0.15, 0.2) is 18.6 Å². The molecule has 1 saturated carbocycles. The van der Waals surface area contributed by atoms with Crippen LogP contribution in [0.1, 0.15) is 25.1 Å². The summed E-state index contributed by atoms with van der Waals surface area (Å²) in [4.78, 5) is 8.42. The zero-order chi connectivity index (χ0) is 14.4. The van der Waals surface area contributed by atoms with Crippen molar-refractivity contribution in [2.24, 2.45) is 5.92 Å². The first-order valence-corrected chi connectivity index (χ1v) is 6.83. The highest BCUT2D eigenvalue weighted by molar-refractivity contribution is 5.78. The van der Waals surface area contributed by atoms with Crippen LogP contribution in [0.4, 0.5) is 0 Å². The Hall–Kier alpha value is -1.50. The van der Waals surface area contributed by atoms with Gasteiger partial charge >= 0.3 is 0 Å². The fraction of sp³-hybridized carbons (Fsp3) is 0.571. The summed E-state index contributed by atoms with van der Waals surface area (Å²) in [5.74, 6) is -0.324. The van der Waals surface area contributed by atoms with Gasteiger partial charge in [0, 0.05) is 17.5 Å². The fourth-order valence-corrected chi connectivity index (χ4v) is 3.16. The van der Waals surface area contributed by atoms with Gasteiger partial charge in [0.2, 0.25) is 0 Å². The molecule has 1 fully saturated rings. The van der Waals surface area contributed by atoms with E-state index in [-0.39, 0.29) is 12.0 Å². The molecule has 2 heterocycles. The number of fused-ring (bicyclic) bond motifs is 1. The van der Waals surface area contributed by atoms with E-state index in [1.165, 1.54) is 6.33 Å². The maximum Gasteiger partial charge on any atom is 0.143 e. The molecule has 0 spiro atoms. The molecular weight excluding hydrogens is 258 g/mol.